The highest BCUT2D eigenvalue weighted by molar-refractivity contribution is 7.88. The number of benzene rings is 3. The van der Waals surface area contributed by atoms with E-state index in [1.165, 1.54) is 4.90 Å². The van der Waals surface area contributed by atoms with Crippen LogP contribution in [0.25, 0.3) is 0 Å². The molecule has 8 nitrogen and oxygen atoms in total. The molecule has 0 heterocycles. The summed E-state index contributed by atoms with van der Waals surface area (Å²) >= 11 is 6.01. The molecule has 0 aromatic heterocycles. The van der Waals surface area contributed by atoms with Gasteiger partial charge in [0.1, 0.15) is 11.8 Å². The largest absolute Gasteiger partial charge is 0.497 e. The molecule has 3 rings (SSSR count). The van der Waals surface area contributed by atoms with Crippen LogP contribution in [0, 0.1) is 0 Å². The van der Waals surface area contributed by atoms with Gasteiger partial charge < -0.3 is 15.0 Å². The molecule has 0 saturated carbocycles. The van der Waals surface area contributed by atoms with Gasteiger partial charge in [-0.05, 0) is 47.9 Å². The average molecular weight is 558 g/mol. The quantitative estimate of drug-likeness (QED) is 0.365. The second-order valence-electron chi connectivity index (χ2n) is 8.91. The highest BCUT2D eigenvalue weighted by Gasteiger charge is 2.29. The lowest BCUT2D eigenvalue weighted by Gasteiger charge is -2.31. The lowest BCUT2D eigenvalue weighted by atomic mass is 10.1. The van der Waals surface area contributed by atoms with Crippen molar-refractivity contribution in [3.63, 3.8) is 0 Å². The van der Waals surface area contributed by atoms with Gasteiger partial charge in [0.2, 0.25) is 21.8 Å². The topological polar surface area (TPSA) is 96.0 Å². The molecule has 0 aliphatic carbocycles. The van der Waals surface area contributed by atoms with Crippen molar-refractivity contribution in [2.24, 2.45) is 0 Å². The van der Waals surface area contributed by atoms with Crippen molar-refractivity contribution in [2.75, 3.05) is 19.9 Å². The van der Waals surface area contributed by atoms with E-state index >= 15 is 0 Å². The summed E-state index contributed by atoms with van der Waals surface area (Å²) in [5.41, 5.74) is 2.37. The molecule has 0 aliphatic heterocycles. The molecule has 0 spiro atoms. The molecule has 3 aromatic carbocycles. The fourth-order valence-corrected chi connectivity index (χ4v) is 4.62. The second kappa shape index (κ2) is 13.4. The molecule has 38 heavy (non-hydrogen) atoms. The highest BCUT2D eigenvalue weighted by Crippen LogP contribution is 2.16. The summed E-state index contributed by atoms with van der Waals surface area (Å²) in [7, 11) is -2.13. The Balaban J connectivity index is 1.79. The number of sulfonamides is 1. The van der Waals surface area contributed by atoms with E-state index in [0.29, 0.717) is 10.8 Å². The molecule has 0 saturated heterocycles. The van der Waals surface area contributed by atoms with Crippen LogP contribution in [0.5, 0.6) is 5.75 Å². The second-order valence-corrected chi connectivity index (χ2v) is 11.3. The summed E-state index contributed by atoms with van der Waals surface area (Å²) in [5.74, 6) is -0.149. The zero-order valence-corrected chi connectivity index (χ0v) is 23.2. The van der Waals surface area contributed by atoms with E-state index in [1.807, 2.05) is 18.2 Å². The van der Waals surface area contributed by atoms with Gasteiger partial charge in [-0.3, -0.25) is 9.59 Å². The van der Waals surface area contributed by atoms with Gasteiger partial charge in [-0.25, -0.2) is 8.42 Å². The molecular weight excluding hydrogens is 526 g/mol. The Morgan fingerprint density at radius 2 is 1.47 bits per heavy atom. The SMILES string of the molecule is COc1ccc(CNC(=O)C(C)N(Cc2ccc(Cl)cc2)C(=O)CN(Cc2ccccc2)S(C)(=O)=O)cc1. The average Bonchev–Trinajstić information content (AvgIpc) is 2.91. The van der Waals surface area contributed by atoms with Crippen molar-refractivity contribution in [1.29, 1.82) is 0 Å². The Morgan fingerprint density at radius 3 is 2.05 bits per heavy atom. The molecule has 0 fully saturated rings. The molecular formula is C28H32ClN3O5S. The molecule has 0 aliphatic rings. The number of carbonyl (C=O) groups is 2. The third kappa shape index (κ3) is 8.58. The summed E-state index contributed by atoms with van der Waals surface area (Å²) in [5, 5.41) is 3.41. The minimum atomic E-state index is -3.71. The minimum Gasteiger partial charge on any atom is -0.497 e. The van der Waals surface area contributed by atoms with E-state index in [4.69, 9.17) is 16.3 Å². The summed E-state index contributed by atoms with van der Waals surface area (Å²) < 4.78 is 31.4. The first-order valence-corrected chi connectivity index (χ1v) is 14.2. The van der Waals surface area contributed by atoms with Gasteiger partial charge in [0.05, 0.1) is 19.9 Å². The summed E-state index contributed by atoms with van der Waals surface area (Å²) in [4.78, 5) is 28.1. The maximum Gasteiger partial charge on any atom is 0.242 e. The smallest absolute Gasteiger partial charge is 0.242 e. The third-order valence-electron chi connectivity index (χ3n) is 6.04. The molecule has 3 aromatic rings. The maximum atomic E-state index is 13.6. The lowest BCUT2D eigenvalue weighted by molar-refractivity contribution is -0.140. The van der Waals surface area contributed by atoms with E-state index in [1.54, 1.807) is 74.7 Å². The number of halogens is 1. The molecule has 0 bridgehead atoms. The third-order valence-corrected chi connectivity index (χ3v) is 7.49. The Morgan fingerprint density at radius 1 is 0.895 bits per heavy atom. The van der Waals surface area contributed by atoms with Gasteiger partial charge >= 0.3 is 0 Å². The predicted molar refractivity (Wildman–Crippen MR) is 148 cm³/mol. The van der Waals surface area contributed by atoms with E-state index in [2.05, 4.69) is 5.32 Å². The molecule has 1 atom stereocenters. The number of amides is 2. The van der Waals surface area contributed by atoms with Crippen LogP contribution < -0.4 is 10.1 Å². The standard InChI is InChI=1S/C28H32ClN3O5S/c1-21(28(34)30-17-22-11-15-26(37-2)16-12-22)32(19-24-9-13-25(29)14-10-24)27(33)20-31(38(3,35)36)18-23-7-5-4-6-8-23/h4-16,21H,17-20H2,1-3H3,(H,30,34). The zero-order chi connectivity index (χ0) is 27.7. The van der Waals surface area contributed by atoms with Gasteiger partial charge in [-0.15, -0.1) is 0 Å². The number of ether oxygens (including phenoxy) is 1. The highest BCUT2D eigenvalue weighted by atomic mass is 35.5. The Labute approximate surface area is 229 Å². The van der Waals surface area contributed by atoms with Crippen LogP contribution in [0.4, 0.5) is 0 Å². The minimum absolute atomic E-state index is 0.0399. The first-order chi connectivity index (χ1) is 18.1. The summed E-state index contributed by atoms with van der Waals surface area (Å²) in [6, 6.07) is 22.4. The summed E-state index contributed by atoms with van der Waals surface area (Å²) in [6.45, 7) is 1.63. The first-order valence-electron chi connectivity index (χ1n) is 12.0. The van der Waals surface area contributed by atoms with Crippen molar-refractivity contribution in [2.45, 2.75) is 32.6 Å². The van der Waals surface area contributed by atoms with Crippen LogP contribution in [0.3, 0.4) is 0 Å². The van der Waals surface area contributed by atoms with E-state index in [0.717, 1.165) is 27.3 Å². The predicted octanol–water partition coefficient (Wildman–Crippen LogP) is 3.84. The number of nitrogens with zero attached hydrogens (tertiary/aromatic N) is 2. The lowest BCUT2D eigenvalue weighted by Crippen LogP contribution is -2.50. The van der Waals surface area contributed by atoms with Crippen molar-refractivity contribution < 1.29 is 22.7 Å². The van der Waals surface area contributed by atoms with Crippen LogP contribution in [-0.2, 0) is 39.2 Å². The van der Waals surface area contributed by atoms with E-state index in [-0.39, 0.29) is 25.5 Å². The van der Waals surface area contributed by atoms with Crippen LogP contribution in [-0.4, -0.2) is 55.4 Å². The van der Waals surface area contributed by atoms with Gasteiger partial charge in [0.15, 0.2) is 0 Å². The molecule has 10 heteroatoms. The van der Waals surface area contributed by atoms with Gasteiger partial charge in [0.25, 0.3) is 0 Å². The molecule has 202 valence electrons. The number of carbonyl (C=O) groups excluding carboxylic acids is 2. The Bertz CT molecular complexity index is 1320. The number of hydrogen-bond acceptors (Lipinski definition) is 5. The zero-order valence-electron chi connectivity index (χ0n) is 21.6. The van der Waals surface area contributed by atoms with E-state index < -0.39 is 28.5 Å². The monoisotopic (exact) mass is 557 g/mol. The van der Waals surface area contributed by atoms with Crippen LogP contribution in [0.1, 0.15) is 23.6 Å². The summed E-state index contributed by atoms with van der Waals surface area (Å²) in [6.07, 6.45) is 1.07. The van der Waals surface area contributed by atoms with Gasteiger partial charge in [0, 0.05) is 24.7 Å². The Kier molecular flexibility index (Phi) is 10.3. The van der Waals surface area contributed by atoms with E-state index in [9.17, 15) is 18.0 Å². The van der Waals surface area contributed by atoms with Crippen LogP contribution in [0.2, 0.25) is 5.02 Å². The van der Waals surface area contributed by atoms with Crippen molar-refractivity contribution in [1.82, 2.24) is 14.5 Å². The first kappa shape index (κ1) is 29.2. The van der Waals surface area contributed by atoms with Crippen LogP contribution >= 0.6 is 11.6 Å². The fraction of sp³-hybridized carbons (Fsp3) is 0.286. The molecule has 1 unspecified atom stereocenters. The van der Waals surface area contributed by atoms with Crippen molar-refractivity contribution in [3.05, 3.63) is 101 Å². The molecule has 1 N–H and O–H groups in total. The number of nitrogens with one attached hydrogen (secondary N) is 1. The molecule has 0 radical (unpaired) electrons. The van der Waals surface area contributed by atoms with Gasteiger partial charge in [-0.1, -0.05) is 66.2 Å². The Hall–Kier alpha value is -3.40. The number of hydrogen-bond donors (Lipinski definition) is 1. The normalized spacial score (nSPS) is 12.1. The fourth-order valence-electron chi connectivity index (χ4n) is 3.77. The van der Waals surface area contributed by atoms with Crippen LogP contribution in [0.15, 0.2) is 78.9 Å². The maximum absolute atomic E-state index is 13.6. The van der Waals surface area contributed by atoms with Gasteiger partial charge in [-0.2, -0.15) is 4.31 Å². The molecule has 2 amide bonds. The number of rotatable bonds is 12. The number of methoxy groups -OCH3 is 1. The van der Waals surface area contributed by atoms with Crippen molar-refractivity contribution >= 4 is 33.4 Å². The van der Waals surface area contributed by atoms with Crippen molar-refractivity contribution in [3.8, 4) is 5.75 Å².